The molecule has 0 spiro atoms. The van der Waals surface area contributed by atoms with Gasteiger partial charge >= 0.3 is 5.97 Å². The summed E-state index contributed by atoms with van der Waals surface area (Å²) < 4.78 is 6.19. The highest BCUT2D eigenvalue weighted by atomic mass is 16.5. The Kier molecular flexibility index (Phi) is 2.83. The zero-order valence-corrected chi connectivity index (χ0v) is 10.6. The first-order valence-electron chi connectivity index (χ1n) is 5.91. The molecule has 6 nitrogen and oxygen atoms in total. The molecule has 0 saturated heterocycles. The van der Waals surface area contributed by atoms with Gasteiger partial charge in [-0.15, -0.1) is 0 Å². The second-order valence-corrected chi connectivity index (χ2v) is 4.18. The van der Waals surface area contributed by atoms with Crippen LogP contribution in [-0.4, -0.2) is 32.8 Å². The molecule has 2 heterocycles. The molecule has 0 unspecified atom stereocenters. The molecule has 1 N–H and O–H groups in total. The molecule has 3 aromatic rings. The van der Waals surface area contributed by atoms with Crippen molar-refractivity contribution < 1.29 is 14.6 Å². The maximum atomic E-state index is 11.4. The van der Waals surface area contributed by atoms with Crippen LogP contribution in [0.4, 0.5) is 0 Å². The number of rotatable bonds is 2. The van der Waals surface area contributed by atoms with E-state index in [1.54, 1.807) is 47.2 Å². The van der Waals surface area contributed by atoms with Gasteiger partial charge in [-0.3, -0.25) is 0 Å². The number of hydrogen-bond donors (Lipinski definition) is 1. The van der Waals surface area contributed by atoms with Crippen molar-refractivity contribution in [2.75, 3.05) is 7.11 Å². The molecular formula is C14H11N3O3. The van der Waals surface area contributed by atoms with Gasteiger partial charge in [-0.2, -0.15) is 5.10 Å². The van der Waals surface area contributed by atoms with Crippen LogP contribution in [0.3, 0.4) is 0 Å². The van der Waals surface area contributed by atoms with E-state index in [-0.39, 0.29) is 5.88 Å². The van der Waals surface area contributed by atoms with Crippen LogP contribution in [0.2, 0.25) is 0 Å². The van der Waals surface area contributed by atoms with Gasteiger partial charge in [0.1, 0.15) is 5.52 Å². The largest absolute Gasteiger partial charge is 0.492 e. The normalized spacial score (nSPS) is 10.7. The maximum absolute atomic E-state index is 11.4. The van der Waals surface area contributed by atoms with Gasteiger partial charge in [0.05, 0.1) is 30.8 Å². The highest BCUT2D eigenvalue weighted by Gasteiger charge is 2.09. The minimum atomic E-state index is -0.394. The lowest BCUT2D eigenvalue weighted by molar-refractivity contribution is 0.0601. The number of esters is 1. The molecule has 0 radical (unpaired) electrons. The average Bonchev–Trinajstić information content (AvgIpc) is 2.95. The fourth-order valence-electron chi connectivity index (χ4n) is 1.94. The Balaban J connectivity index is 2.04. The number of aromatic hydroxyl groups is 1. The third-order valence-corrected chi connectivity index (χ3v) is 2.97. The van der Waals surface area contributed by atoms with Crippen molar-refractivity contribution in [3.8, 4) is 17.1 Å². The standard InChI is InChI=1S/C14H11N3O3/c1-20-14(19)10-4-2-9(3-5-10)11-8-17-12(6-7-15-17)13(18)16-11/h2-8H,1H3,(H,16,18). The van der Waals surface area contributed by atoms with Crippen LogP contribution in [0, 0.1) is 0 Å². The summed E-state index contributed by atoms with van der Waals surface area (Å²) in [6.45, 7) is 0. The van der Waals surface area contributed by atoms with Crippen molar-refractivity contribution in [1.82, 2.24) is 14.6 Å². The number of ether oxygens (including phenoxy) is 1. The Labute approximate surface area is 114 Å². The molecule has 1 aromatic carbocycles. The van der Waals surface area contributed by atoms with E-state index < -0.39 is 5.97 Å². The molecule has 0 aliphatic carbocycles. The Morgan fingerprint density at radius 2 is 2.00 bits per heavy atom. The molecule has 0 amide bonds. The van der Waals surface area contributed by atoms with Crippen molar-refractivity contribution >= 4 is 11.5 Å². The topological polar surface area (TPSA) is 76.7 Å². The fraction of sp³-hybridized carbons (Fsp3) is 0.0714. The van der Waals surface area contributed by atoms with E-state index >= 15 is 0 Å². The lowest BCUT2D eigenvalue weighted by Gasteiger charge is -2.05. The van der Waals surface area contributed by atoms with Gasteiger partial charge in [0.2, 0.25) is 5.88 Å². The molecular weight excluding hydrogens is 258 g/mol. The van der Waals surface area contributed by atoms with Crippen LogP contribution >= 0.6 is 0 Å². The highest BCUT2D eigenvalue weighted by Crippen LogP contribution is 2.23. The number of benzene rings is 1. The van der Waals surface area contributed by atoms with E-state index in [1.165, 1.54) is 7.11 Å². The molecule has 0 aliphatic heterocycles. The molecule has 0 bridgehead atoms. The first kappa shape index (κ1) is 12.2. The fourth-order valence-corrected chi connectivity index (χ4v) is 1.94. The van der Waals surface area contributed by atoms with Crippen LogP contribution in [0.5, 0.6) is 5.88 Å². The smallest absolute Gasteiger partial charge is 0.337 e. The van der Waals surface area contributed by atoms with E-state index in [0.717, 1.165) is 5.56 Å². The van der Waals surface area contributed by atoms with Crippen molar-refractivity contribution in [3.63, 3.8) is 0 Å². The molecule has 0 fully saturated rings. The molecule has 3 rings (SSSR count). The van der Waals surface area contributed by atoms with Gasteiger partial charge < -0.3 is 9.84 Å². The number of nitrogens with zero attached hydrogens (tertiary/aromatic N) is 3. The second-order valence-electron chi connectivity index (χ2n) is 4.18. The van der Waals surface area contributed by atoms with E-state index in [1.807, 2.05) is 0 Å². The van der Waals surface area contributed by atoms with Crippen molar-refractivity contribution in [2.45, 2.75) is 0 Å². The van der Waals surface area contributed by atoms with Crippen molar-refractivity contribution in [3.05, 3.63) is 48.3 Å². The van der Waals surface area contributed by atoms with Crippen LogP contribution < -0.4 is 0 Å². The maximum Gasteiger partial charge on any atom is 0.337 e. The summed E-state index contributed by atoms with van der Waals surface area (Å²) in [7, 11) is 1.33. The number of methoxy groups -OCH3 is 1. The summed E-state index contributed by atoms with van der Waals surface area (Å²) in [5.41, 5.74) is 2.33. The van der Waals surface area contributed by atoms with E-state index in [9.17, 15) is 9.90 Å². The predicted octanol–water partition coefficient (Wildman–Crippen LogP) is 1.89. The summed E-state index contributed by atoms with van der Waals surface area (Å²) in [5.74, 6) is -0.480. The zero-order valence-electron chi connectivity index (χ0n) is 10.6. The van der Waals surface area contributed by atoms with Gasteiger partial charge in [-0.25, -0.2) is 14.3 Å². The number of hydrogen-bond acceptors (Lipinski definition) is 5. The number of carbonyl (C=O) groups is 1. The molecule has 2 aromatic heterocycles. The van der Waals surface area contributed by atoms with E-state index in [0.29, 0.717) is 16.8 Å². The molecule has 6 heteroatoms. The van der Waals surface area contributed by atoms with Crippen LogP contribution in [0.1, 0.15) is 10.4 Å². The SMILES string of the molecule is COC(=O)c1ccc(-c2cn3nccc3c(O)n2)cc1. The minimum Gasteiger partial charge on any atom is -0.492 e. The lowest BCUT2D eigenvalue weighted by atomic mass is 10.1. The monoisotopic (exact) mass is 269 g/mol. The Hall–Kier alpha value is -2.89. The van der Waals surface area contributed by atoms with Gasteiger partial charge in [-0.05, 0) is 18.2 Å². The van der Waals surface area contributed by atoms with Crippen molar-refractivity contribution in [1.29, 1.82) is 0 Å². The summed E-state index contributed by atoms with van der Waals surface area (Å²) in [6.07, 6.45) is 3.29. The molecule has 100 valence electrons. The predicted molar refractivity (Wildman–Crippen MR) is 71.4 cm³/mol. The first-order chi connectivity index (χ1) is 9.69. The quantitative estimate of drug-likeness (QED) is 0.719. The van der Waals surface area contributed by atoms with E-state index in [4.69, 9.17) is 0 Å². The summed E-state index contributed by atoms with van der Waals surface area (Å²) in [6, 6.07) is 8.44. The first-order valence-corrected chi connectivity index (χ1v) is 5.91. The lowest BCUT2D eigenvalue weighted by Crippen LogP contribution is -2.00. The van der Waals surface area contributed by atoms with Gasteiger partial charge in [0.25, 0.3) is 0 Å². The Morgan fingerprint density at radius 3 is 2.70 bits per heavy atom. The van der Waals surface area contributed by atoms with Crippen LogP contribution in [0.25, 0.3) is 16.8 Å². The second kappa shape index (κ2) is 4.65. The van der Waals surface area contributed by atoms with Gasteiger partial charge in [0, 0.05) is 5.56 Å². The molecule has 0 aliphatic rings. The summed E-state index contributed by atoms with van der Waals surface area (Å²) >= 11 is 0. The molecule has 0 atom stereocenters. The zero-order chi connectivity index (χ0) is 14.1. The third kappa shape index (κ3) is 1.97. The van der Waals surface area contributed by atoms with Crippen LogP contribution in [0.15, 0.2) is 42.7 Å². The van der Waals surface area contributed by atoms with E-state index in [2.05, 4.69) is 14.8 Å². The van der Waals surface area contributed by atoms with Gasteiger partial charge in [0.15, 0.2) is 0 Å². The average molecular weight is 269 g/mol. The minimum absolute atomic E-state index is 0.0861. The molecule has 20 heavy (non-hydrogen) atoms. The number of carbonyl (C=O) groups excluding carboxylic acids is 1. The summed E-state index contributed by atoms with van der Waals surface area (Å²) in [5, 5.41) is 13.9. The Morgan fingerprint density at radius 1 is 1.25 bits per heavy atom. The number of aromatic nitrogens is 3. The molecule has 0 saturated carbocycles. The van der Waals surface area contributed by atoms with Crippen LogP contribution in [-0.2, 0) is 4.74 Å². The van der Waals surface area contributed by atoms with Crippen molar-refractivity contribution in [2.24, 2.45) is 0 Å². The van der Waals surface area contributed by atoms with Gasteiger partial charge in [-0.1, -0.05) is 12.1 Å². The Bertz CT molecular complexity index is 778. The summed E-state index contributed by atoms with van der Waals surface area (Å²) in [4.78, 5) is 15.5. The number of fused-ring (bicyclic) bond motifs is 1. The third-order valence-electron chi connectivity index (χ3n) is 2.97. The highest BCUT2D eigenvalue weighted by molar-refractivity contribution is 5.89.